The molecule has 0 radical (unpaired) electrons. The molecule has 4 atom stereocenters. The van der Waals surface area contributed by atoms with E-state index in [9.17, 15) is 9.18 Å². The zero-order valence-corrected chi connectivity index (χ0v) is 28.0. The molecule has 3 aliphatic rings. The molecule has 0 saturated carbocycles. The summed E-state index contributed by atoms with van der Waals surface area (Å²) in [5.74, 6) is 2.16. The van der Waals surface area contributed by atoms with Gasteiger partial charge in [0.25, 0.3) is 0 Å². The average Bonchev–Trinajstić information content (AvgIpc) is 3.73. The van der Waals surface area contributed by atoms with Crippen molar-refractivity contribution in [3.05, 3.63) is 54.0 Å². The number of hydrogen-bond acceptors (Lipinski definition) is 8. The second-order valence-electron chi connectivity index (χ2n) is 14.3. The summed E-state index contributed by atoms with van der Waals surface area (Å²) < 4.78 is 58.7. The van der Waals surface area contributed by atoms with E-state index in [-0.39, 0.29) is 48.1 Å². The van der Waals surface area contributed by atoms with Crippen LogP contribution in [0.3, 0.4) is 0 Å². The molecule has 9 nitrogen and oxygen atoms in total. The predicted octanol–water partition coefficient (Wildman–Crippen LogP) is 6.31. The molecule has 49 heavy (non-hydrogen) atoms. The fraction of sp³-hybridized carbons (Fsp3) is 0.459. The molecule has 2 aromatic carbocycles. The highest BCUT2D eigenvalue weighted by atomic mass is 19.1. The largest absolute Gasteiger partial charge is 0.461 e. The first-order valence-electron chi connectivity index (χ1n) is 16.6. The summed E-state index contributed by atoms with van der Waals surface area (Å²) in [5, 5.41) is 1.74. The number of anilines is 1. The molecule has 0 spiro atoms. The van der Waals surface area contributed by atoms with Gasteiger partial charge in [0.05, 0.1) is 23.5 Å². The van der Waals surface area contributed by atoms with Crippen LogP contribution in [0, 0.1) is 18.2 Å². The number of carbonyl (C=O) groups excluding carboxylic acids is 1. The molecule has 5 heterocycles. The number of rotatable bonds is 6. The molecule has 0 N–H and O–H groups in total. The Morgan fingerprint density at radius 3 is 2.67 bits per heavy atom. The number of benzene rings is 2. The van der Waals surface area contributed by atoms with Crippen LogP contribution in [0.4, 0.5) is 23.8 Å². The van der Waals surface area contributed by atoms with Gasteiger partial charge >= 0.3 is 12.1 Å². The van der Waals surface area contributed by atoms with Crippen LogP contribution >= 0.6 is 0 Å². The number of carbonyl (C=O) groups is 1. The topological polar surface area (TPSA) is 83.9 Å². The second kappa shape index (κ2) is 12.4. The van der Waals surface area contributed by atoms with E-state index in [4.69, 9.17) is 15.9 Å². The highest BCUT2D eigenvalue weighted by Crippen LogP contribution is 2.41. The van der Waals surface area contributed by atoms with E-state index in [0.29, 0.717) is 29.5 Å². The minimum atomic E-state index is -1.45. The standard InChI is InChI=1S/C37H39F3N6O3/c1-6-22-10-7-11-23-12-8-13-25(29(22)23)31-30(40)32-26(17-41-31)33(44(5)28-20-45(19-27(28)39)35(47)49-36(2,3)4)43-34(42-32)48-21-37-14-9-15-46(37)18-24(38)16-37/h1,7-8,10-13,17,24,27-28H,9,14-16,18-21H2,2-5H3/t24-,27-,28+,37+/m1/s1. The van der Waals surface area contributed by atoms with Gasteiger partial charge in [-0.25, -0.2) is 18.0 Å². The number of likely N-dealkylation sites (N-methyl/N-ethyl adjacent to an activating group) is 1. The fourth-order valence-electron chi connectivity index (χ4n) is 7.59. The molecular weight excluding hydrogens is 633 g/mol. The van der Waals surface area contributed by atoms with Crippen molar-refractivity contribution in [2.45, 2.75) is 69.6 Å². The minimum Gasteiger partial charge on any atom is -0.461 e. The molecule has 0 bridgehead atoms. The third kappa shape index (κ3) is 5.98. The monoisotopic (exact) mass is 672 g/mol. The number of halogens is 3. The van der Waals surface area contributed by atoms with Gasteiger partial charge in [-0.15, -0.1) is 6.42 Å². The van der Waals surface area contributed by atoms with E-state index >= 15 is 8.78 Å². The van der Waals surface area contributed by atoms with Crippen LogP contribution in [0.5, 0.6) is 6.01 Å². The molecule has 4 aromatic rings. The Hall–Kier alpha value is -4.63. The molecule has 3 aliphatic heterocycles. The number of aromatic nitrogens is 3. The average molecular weight is 673 g/mol. The number of fused-ring (bicyclic) bond motifs is 3. The predicted molar refractivity (Wildman–Crippen MR) is 182 cm³/mol. The summed E-state index contributed by atoms with van der Waals surface area (Å²) in [6, 6.07) is 10.0. The third-order valence-electron chi connectivity index (χ3n) is 9.89. The Labute approximate surface area is 283 Å². The molecule has 12 heteroatoms. The van der Waals surface area contributed by atoms with Crippen LogP contribution in [-0.4, -0.2) is 100 Å². The molecule has 3 fully saturated rings. The summed E-state index contributed by atoms with van der Waals surface area (Å²) in [6.07, 6.45) is 6.29. The Morgan fingerprint density at radius 2 is 1.92 bits per heavy atom. The molecule has 0 unspecified atom stereocenters. The number of amides is 1. The summed E-state index contributed by atoms with van der Waals surface area (Å²) in [4.78, 5) is 31.6. The molecular formula is C37H39F3N6O3. The van der Waals surface area contributed by atoms with Crippen LogP contribution in [0.15, 0.2) is 42.6 Å². The molecule has 0 aliphatic carbocycles. The lowest BCUT2D eigenvalue weighted by molar-refractivity contribution is 0.0283. The van der Waals surface area contributed by atoms with Crippen LogP contribution in [-0.2, 0) is 4.74 Å². The maximum Gasteiger partial charge on any atom is 0.410 e. The number of hydrogen-bond donors (Lipinski definition) is 0. The Kier molecular flexibility index (Phi) is 8.30. The maximum atomic E-state index is 16.8. The van der Waals surface area contributed by atoms with Gasteiger partial charge in [0.15, 0.2) is 5.82 Å². The minimum absolute atomic E-state index is 0.0170. The van der Waals surface area contributed by atoms with Crippen LogP contribution in [0.2, 0.25) is 0 Å². The van der Waals surface area contributed by atoms with Crippen LogP contribution in [0.25, 0.3) is 32.9 Å². The van der Waals surface area contributed by atoms with E-state index in [1.807, 2.05) is 18.2 Å². The van der Waals surface area contributed by atoms with Gasteiger partial charge in [0.2, 0.25) is 0 Å². The highest BCUT2D eigenvalue weighted by molar-refractivity contribution is 6.02. The second-order valence-corrected chi connectivity index (χ2v) is 14.3. The van der Waals surface area contributed by atoms with Gasteiger partial charge in [-0.2, -0.15) is 9.97 Å². The van der Waals surface area contributed by atoms with Crippen molar-refractivity contribution in [1.29, 1.82) is 0 Å². The summed E-state index contributed by atoms with van der Waals surface area (Å²) >= 11 is 0. The van der Waals surface area contributed by atoms with Gasteiger partial charge in [-0.3, -0.25) is 9.88 Å². The van der Waals surface area contributed by atoms with Crippen molar-refractivity contribution in [2.24, 2.45) is 0 Å². The van der Waals surface area contributed by atoms with Crippen LogP contribution in [0.1, 0.15) is 45.6 Å². The molecule has 2 aromatic heterocycles. The lowest BCUT2D eigenvalue weighted by Crippen LogP contribution is -2.43. The van der Waals surface area contributed by atoms with Gasteiger partial charge in [-0.05, 0) is 51.6 Å². The summed E-state index contributed by atoms with van der Waals surface area (Å²) in [5.41, 5.74) is -0.187. The number of alkyl halides is 2. The summed E-state index contributed by atoms with van der Waals surface area (Å²) in [7, 11) is 1.64. The van der Waals surface area contributed by atoms with Crippen molar-refractivity contribution in [3.63, 3.8) is 0 Å². The van der Waals surface area contributed by atoms with Crippen molar-refractivity contribution < 1.29 is 27.4 Å². The Morgan fingerprint density at radius 1 is 1.14 bits per heavy atom. The molecule has 1 amide bonds. The molecule has 3 saturated heterocycles. The van der Waals surface area contributed by atoms with Crippen molar-refractivity contribution in [1.82, 2.24) is 24.8 Å². The van der Waals surface area contributed by atoms with E-state index < -0.39 is 41.4 Å². The van der Waals surface area contributed by atoms with Crippen molar-refractivity contribution in [2.75, 3.05) is 44.7 Å². The number of likely N-dealkylation sites (tertiary alicyclic amines) is 1. The maximum absolute atomic E-state index is 16.8. The number of ether oxygens (including phenoxy) is 2. The first-order chi connectivity index (χ1) is 23.4. The van der Waals surface area contributed by atoms with Crippen molar-refractivity contribution >= 4 is 33.6 Å². The van der Waals surface area contributed by atoms with Gasteiger partial charge < -0.3 is 19.3 Å². The SMILES string of the molecule is C#Cc1cccc2cccc(-c3ncc4c(N(C)[C@H]5CN(C(=O)OC(C)(C)C)C[C@H]5F)nc(OC[C@@]56CCCN5C[C@H](F)C6)nc4c3F)c12. The van der Waals surface area contributed by atoms with E-state index in [0.717, 1.165) is 24.8 Å². The third-order valence-corrected chi connectivity index (χ3v) is 9.89. The number of terminal acetylenes is 1. The normalized spacial score (nSPS) is 24.0. The number of nitrogens with zero attached hydrogens (tertiary/aromatic N) is 6. The zero-order chi connectivity index (χ0) is 34.7. The first kappa shape index (κ1) is 32.9. The van der Waals surface area contributed by atoms with Crippen LogP contribution < -0.4 is 9.64 Å². The Balaban J connectivity index is 1.31. The quantitative estimate of drug-likeness (QED) is 0.221. The van der Waals surface area contributed by atoms with E-state index in [1.165, 1.54) is 11.1 Å². The lowest BCUT2D eigenvalue weighted by Gasteiger charge is -2.31. The fourth-order valence-corrected chi connectivity index (χ4v) is 7.59. The highest BCUT2D eigenvalue weighted by Gasteiger charge is 2.49. The number of pyridine rings is 1. The van der Waals surface area contributed by atoms with Crippen molar-refractivity contribution in [3.8, 4) is 29.6 Å². The zero-order valence-electron chi connectivity index (χ0n) is 28.0. The first-order valence-corrected chi connectivity index (χ1v) is 16.6. The molecule has 256 valence electrons. The lowest BCUT2D eigenvalue weighted by atomic mass is 9.95. The summed E-state index contributed by atoms with van der Waals surface area (Å²) in [6.45, 7) is 6.33. The van der Waals surface area contributed by atoms with Gasteiger partial charge in [0, 0.05) is 49.3 Å². The van der Waals surface area contributed by atoms with E-state index in [1.54, 1.807) is 50.9 Å². The smallest absolute Gasteiger partial charge is 0.410 e. The molecule has 7 rings (SSSR count). The van der Waals surface area contributed by atoms with E-state index in [2.05, 4.69) is 25.8 Å². The Bertz CT molecular complexity index is 1970. The van der Waals surface area contributed by atoms with Gasteiger partial charge in [-0.1, -0.05) is 36.3 Å². The van der Waals surface area contributed by atoms with Gasteiger partial charge in [0.1, 0.15) is 41.6 Å².